The van der Waals surface area contributed by atoms with E-state index in [9.17, 15) is 5.11 Å². The van der Waals surface area contributed by atoms with Gasteiger partial charge in [-0.1, -0.05) is 0 Å². The molecule has 0 aromatic rings. The summed E-state index contributed by atoms with van der Waals surface area (Å²) in [6, 6.07) is 0.623. The minimum atomic E-state index is -0.170. The smallest absolute Gasteiger partial charge is 0.0611 e. The van der Waals surface area contributed by atoms with Crippen molar-refractivity contribution in [3.63, 3.8) is 0 Å². The van der Waals surface area contributed by atoms with Crippen LogP contribution in [0.25, 0.3) is 0 Å². The van der Waals surface area contributed by atoms with Crippen molar-refractivity contribution in [3.05, 3.63) is 0 Å². The second kappa shape index (κ2) is 6.85. The number of aliphatic hydroxyl groups is 1. The molecule has 0 aromatic heterocycles. The predicted molar refractivity (Wildman–Crippen MR) is 70.6 cm³/mol. The number of nitrogens with one attached hydrogen (secondary N) is 1. The summed E-state index contributed by atoms with van der Waals surface area (Å²) in [4.78, 5) is 0. The molecule has 1 aliphatic heterocycles. The molecule has 0 bridgehead atoms. The molecule has 1 unspecified atom stereocenters. The van der Waals surface area contributed by atoms with Gasteiger partial charge in [0, 0.05) is 38.0 Å². The molecule has 2 N–H and O–H groups in total. The number of hydrogen-bond donors (Lipinski definition) is 2. The first-order chi connectivity index (χ1) is 8.72. The van der Waals surface area contributed by atoms with Gasteiger partial charge < -0.3 is 19.9 Å². The Morgan fingerprint density at radius 3 is 2.61 bits per heavy atom. The Morgan fingerprint density at radius 2 is 2.00 bits per heavy atom. The average molecular weight is 257 g/mol. The van der Waals surface area contributed by atoms with Crippen molar-refractivity contribution in [1.82, 2.24) is 5.32 Å². The lowest BCUT2D eigenvalue weighted by Crippen LogP contribution is -2.47. The van der Waals surface area contributed by atoms with Gasteiger partial charge in [0.1, 0.15) is 0 Å². The summed E-state index contributed by atoms with van der Waals surface area (Å²) in [6.45, 7) is 5.60. The van der Waals surface area contributed by atoms with Crippen molar-refractivity contribution < 1.29 is 14.6 Å². The first kappa shape index (κ1) is 14.3. The van der Waals surface area contributed by atoms with Crippen molar-refractivity contribution >= 4 is 0 Å². The minimum absolute atomic E-state index is 0.170. The molecule has 0 amide bonds. The van der Waals surface area contributed by atoms with Crippen molar-refractivity contribution in [3.8, 4) is 0 Å². The second-order valence-corrected chi connectivity index (χ2v) is 6.02. The largest absolute Gasteiger partial charge is 0.394 e. The van der Waals surface area contributed by atoms with Crippen molar-refractivity contribution in [1.29, 1.82) is 0 Å². The highest BCUT2D eigenvalue weighted by Crippen LogP contribution is 2.24. The maximum atomic E-state index is 9.48. The molecule has 4 nitrogen and oxygen atoms in total. The van der Waals surface area contributed by atoms with Gasteiger partial charge in [-0.05, 0) is 44.9 Å². The van der Waals surface area contributed by atoms with E-state index in [1.54, 1.807) is 0 Å². The van der Waals surface area contributed by atoms with Gasteiger partial charge in [-0.25, -0.2) is 0 Å². The molecule has 1 heterocycles. The normalized spacial score (nSPS) is 25.0. The van der Waals surface area contributed by atoms with E-state index in [4.69, 9.17) is 9.47 Å². The third-order valence-electron chi connectivity index (χ3n) is 3.97. The van der Waals surface area contributed by atoms with Crippen LogP contribution in [-0.2, 0) is 9.47 Å². The molecule has 1 aliphatic carbocycles. The van der Waals surface area contributed by atoms with E-state index >= 15 is 0 Å². The van der Waals surface area contributed by atoms with Crippen LogP contribution in [0.1, 0.15) is 39.0 Å². The van der Waals surface area contributed by atoms with Gasteiger partial charge in [0.05, 0.1) is 6.61 Å². The van der Waals surface area contributed by atoms with Crippen molar-refractivity contribution in [2.75, 3.05) is 33.0 Å². The van der Waals surface area contributed by atoms with Crippen LogP contribution in [0.3, 0.4) is 0 Å². The summed E-state index contributed by atoms with van der Waals surface area (Å²) in [6.07, 6.45) is 5.62. The standard InChI is InChI=1S/C14H27NO3/c1-14(11-16,15-13-2-3-13)6-9-18-10-12-4-7-17-8-5-12/h12-13,15-16H,2-11H2,1H3. The fraction of sp³-hybridized carbons (Fsp3) is 1.00. The molecule has 4 heteroatoms. The summed E-state index contributed by atoms with van der Waals surface area (Å²) in [5.41, 5.74) is -0.170. The summed E-state index contributed by atoms with van der Waals surface area (Å²) in [5, 5.41) is 13.0. The quantitative estimate of drug-likeness (QED) is 0.644. The fourth-order valence-corrected chi connectivity index (χ4v) is 2.38. The molecule has 2 aliphatic rings. The molecule has 0 spiro atoms. The van der Waals surface area contributed by atoms with Gasteiger partial charge in [-0.2, -0.15) is 0 Å². The first-order valence-electron chi connectivity index (χ1n) is 7.26. The van der Waals surface area contributed by atoms with Crippen LogP contribution in [0.5, 0.6) is 0 Å². The first-order valence-corrected chi connectivity index (χ1v) is 7.26. The van der Waals surface area contributed by atoms with Crippen LogP contribution in [0.15, 0.2) is 0 Å². The van der Waals surface area contributed by atoms with Gasteiger partial charge in [-0.15, -0.1) is 0 Å². The molecular formula is C14H27NO3. The molecule has 1 saturated carbocycles. The van der Waals surface area contributed by atoms with Crippen LogP contribution in [0, 0.1) is 5.92 Å². The highest BCUT2D eigenvalue weighted by Gasteiger charge is 2.31. The molecule has 106 valence electrons. The zero-order valence-corrected chi connectivity index (χ0v) is 11.5. The van der Waals surface area contributed by atoms with Gasteiger partial charge in [-0.3, -0.25) is 0 Å². The summed E-state index contributed by atoms with van der Waals surface area (Å²) < 4.78 is 11.1. The Kier molecular flexibility index (Phi) is 5.42. The van der Waals surface area contributed by atoms with Crippen LogP contribution < -0.4 is 5.32 Å². The molecule has 18 heavy (non-hydrogen) atoms. The molecule has 0 radical (unpaired) electrons. The Morgan fingerprint density at radius 1 is 1.28 bits per heavy atom. The molecule has 1 saturated heterocycles. The lowest BCUT2D eigenvalue weighted by molar-refractivity contribution is 0.0129. The van der Waals surface area contributed by atoms with Crippen LogP contribution >= 0.6 is 0 Å². The highest BCUT2D eigenvalue weighted by molar-refractivity contribution is 4.92. The maximum Gasteiger partial charge on any atom is 0.0611 e. The predicted octanol–water partition coefficient (Wildman–Crippen LogP) is 1.32. The van der Waals surface area contributed by atoms with E-state index in [0.717, 1.165) is 45.7 Å². The summed E-state index contributed by atoms with van der Waals surface area (Å²) in [7, 11) is 0. The lowest BCUT2D eigenvalue weighted by atomic mass is 9.99. The molecule has 1 atom stereocenters. The van der Waals surface area contributed by atoms with E-state index < -0.39 is 0 Å². The van der Waals surface area contributed by atoms with Crippen molar-refractivity contribution in [2.45, 2.75) is 50.6 Å². The number of hydrogen-bond acceptors (Lipinski definition) is 4. The van der Waals surface area contributed by atoms with E-state index in [-0.39, 0.29) is 12.1 Å². The number of rotatable bonds is 8. The zero-order chi connectivity index (χ0) is 12.8. The number of aliphatic hydroxyl groups excluding tert-OH is 1. The zero-order valence-electron chi connectivity index (χ0n) is 11.5. The van der Waals surface area contributed by atoms with E-state index in [0.29, 0.717) is 12.0 Å². The Balaban J connectivity index is 1.57. The van der Waals surface area contributed by atoms with Crippen LogP contribution in [0.2, 0.25) is 0 Å². The molecule has 2 fully saturated rings. The SMILES string of the molecule is CC(CO)(CCOCC1CCOCC1)NC1CC1. The van der Waals surface area contributed by atoms with Gasteiger partial charge in [0.25, 0.3) is 0 Å². The second-order valence-electron chi connectivity index (χ2n) is 6.02. The monoisotopic (exact) mass is 257 g/mol. The summed E-state index contributed by atoms with van der Waals surface area (Å²) >= 11 is 0. The van der Waals surface area contributed by atoms with Crippen molar-refractivity contribution in [2.24, 2.45) is 5.92 Å². The minimum Gasteiger partial charge on any atom is -0.394 e. The van der Waals surface area contributed by atoms with Gasteiger partial charge in [0.15, 0.2) is 0 Å². The third kappa shape index (κ3) is 4.84. The van der Waals surface area contributed by atoms with E-state index in [1.165, 1.54) is 12.8 Å². The Bertz CT molecular complexity index is 239. The molecule has 2 rings (SSSR count). The van der Waals surface area contributed by atoms with Gasteiger partial charge in [0.2, 0.25) is 0 Å². The third-order valence-corrected chi connectivity index (χ3v) is 3.97. The molecule has 0 aromatic carbocycles. The number of ether oxygens (including phenoxy) is 2. The highest BCUT2D eigenvalue weighted by atomic mass is 16.5. The van der Waals surface area contributed by atoms with Crippen LogP contribution in [0.4, 0.5) is 0 Å². The maximum absolute atomic E-state index is 9.48. The lowest BCUT2D eigenvalue weighted by Gasteiger charge is -2.29. The van der Waals surface area contributed by atoms with E-state index in [2.05, 4.69) is 12.2 Å². The Labute approximate surface area is 110 Å². The molecular weight excluding hydrogens is 230 g/mol. The average Bonchev–Trinajstić information content (AvgIpc) is 3.20. The van der Waals surface area contributed by atoms with Crippen LogP contribution in [-0.4, -0.2) is 49.7 Å². The Hall–Kier alpha value is -0.160. The van der Waals surface area contributed by atoms with E-state index in [1.807, 2.05) is 0 Å². The van der Waals surface area contributed by atoms with Gasteiger partial charge >= 0.3 is 0 Å². The topological polar surface area (TPSA) is 50.7 Å². The fourth-order valence-electron chi connectivity index (χ4n) is 2.38. The summed E-state index contributed by atoms with van der Waals surface area (Å²) in [5.74, 6) is 0.663.